The maximum Gasteiger partial charge on any atom is 0.434 e. The largest absolute Gasteiger partial charge is 0.434 e. The minimum Gasteiger partial charge on any atom is -0.290 e. The average molecular weight is 357 g/mol. The molecular formula is C18H14F3N5. The molecule has 5 rings (SSSR count). The molecule has 0 amide bonds. The number of nitrogens with zero attached hydrogens (tertiary/aromatic N) is 4. The molecule has 5 nitrogen and oxygen atoms in total. The summed E-state index contributed by atoms with van der Waals surface area (Å²) < 4.78 is 42.6. The number of nitrogens with one attached hydrogen (secondary N) is 1. The number of aryl methyl sites for hydroxylation is 1. The molecule has 3 heterocycles. The van der Waals surface area contributed by atoms with Crippen LogP contribution in [-0.2, 0) is 6.18 Å². The Balaban J connectivity index is 1.85. The Hall–Kier alpha value is -2.90. The van der Waals surface area contributed by atoms with E-state index < -0.39 is 11.9 Å². The molecule has 1 aliphatic rings. The molecule has 1 aromatic carbocycles. The molecular weight excluding hydrogens is 343 g/mol. The summed E-state index contributed by atoms with van der Waals surface area (Å²) in [6.07, 6.45) is 2.07. The number of alkyl halides is 3. The second kappa shape index (κ2) is 5.06. The third-order valence-corrected chi connectivity index (χ3v) is 4.82. The minimum absolute atomic E-state index is 0.0121. The highest BCUT2D eigenvalue weighted by Crippen LogP contribution is 2.42. The van der Waals surface area contributed by atoms with Gasteiger partial charge in [0.25, 0.3) is 0 Å². The summed E-state index contributed by atoms with van der Waals surface area (Å²) in [6, 6.07) is 3.42. The third-order valence-electron chi connectivity index (χ3n) is 4.82. The highest BCUT2D eigenvalue weighted by atomic mass is 19.4. The van der Waals surface area contributed by atoms with Crippen LogP contribution in [0.4, 0.5) is 13.2 Å². The van der Waals surface area contributed by atoms with Crippen molar-refractivity contribution in [3.8, 4) is 11.1 Å². The van der Waals surface area contributed by atoms with E-state index >= 15 is 0 Å². The molecule has 3 aromatic heterocycles. The Morgan fingerprint density at radius 2 is 2.04 bits per heavy atom. The lowest BCUT2D eigenvalue weighted by atomic mass is 10.00. The predicted molar refractivity (Wildman–Crippen MR) is 89.8 cm³/mol. The maximum absolute atomic E-state index is 13.7. The van der Waals surface area contributed by atoms with Gasteiger partial charge >= 0.3 is 6.18 Å². The van der Waals surface area contributed by atoms with Gasteiger partial charge in [0.1, 0.15) is 12.0 Å². The fraction of sp³-hybridized carbons (Fsp3) is 0.278. The van der Waals surface area contributed by atoms with Crippen molar-refractivity contribution in [2.24, 2.45) is 0 Å². The van der Waals surface area contributed by atoms with Crippen LogP contribution < -0.4 is 0 Å². The van der Waals surface area contributed by atoms with E-state index in [1.807, 2.05) is 6.92 Å². The number of aromatic nitrogens is 5. The first kappa shape index (κ1) is 15.4. The number of hydrogen-bond donors (Lipinski definition) is 1. The number of aromatic amines is 1. The Bertz CT molecular complexity index is 1150. The molecule has 0 spiro atoms. The molecule has 1 N–H and O–H groups in total. The van der Waals surface area contributed by atoms with E-state index in [9.17, 15) is 13.2 Å². The molecule has 26 heavy (non-hydrogen) atoms. The van der Waals surface area contributed by atoms with Gasteiger partial charge in [0.2, 0.25) is 0 Å². The van der Waals surface area contributed by atoms with E-state index in [2.05, 4.69) is 20.2 Å². The molecule has 132 valence electrons. The van der Waals surface area contributed by atoms with Crippen LogP contribution in [0.5, 0.6) is 0 Å². The van der Waals surface area contributed by atoms with Gasteiger partial charge in [-0.05, 0) is 43.0 Å². The van der Waals surface area contributed by atoms with Gasteiger partial charge in [0, 0.05) is 17.5 Å². The van der Waals surface area contributed by atoms with E-state index in [4.69, 9.17) is 0 Å². The van der Waals surface area contributed by atoms with Crippen molar-refractivity contribution in [1.82, 2.24) is 24.6 Å². The van der Waals surface area contributed by atoms with Crippen molar-refractivity contribution < 1.29 is 13.2 Å². The number of fused-ring (bicyclic) bond motifs is 2. The number of rotatable bonds is 2. The summed E-state index contributed by atoms with van der Waals surface area (Å²) in [5.41, 5.74) is 2.28. The van der Waals surface area contributed by atoms with Crippen LogP contribution in [0.1, 0.15) is 35.7 Å². The second-order valence-electron chi connectivity index (χ2n) is 6.76. The van der Waals surface area contributed by atoms with Crippen molar-refractivity contribution in [3.05, 3.63) is 47.8 Å². The molecule has 0 atom stereocenters. The molecule has 0 unspecified atom stereocenters. The van der Waals surface area contributed by atoms with E-state index in [1.165, 1.54) is 6.33 Å². The number of H-pyrrole nitrogens is 1. The number of hydrogen-bond acceptors (Lipinski definition) is 3. The van der Waals surface area contributed by atoms with Crippen molar-refractivity contribution in [2.45, 2.75) is 31.9 Å². The van der Waals surface area contributed by atoms with Crippen LogP contribution in [0, 0.1) is 6.92 Å². The minimum atomic E-state index is -4.57. The lowest BCUT2D eigenvalue weighted by Crippen LogP contribution is -2.12. The van der Waals surface area contributed by atoms with Crippen molar-refractivity contribution in [1.29, 1.82) is 0 Å². The van der Waals surface area contributed by atoms with E-state index in [0.717, 1.165) is 35.0 Å². The Labute approximate surface area is 145 Å². The smallest absolute Gasteiger partial charge is 0.290 e. The van der Waals surface area contributed by atoms with Crippen LogP contribution in [0.25, 0.3) is 27.7 Å². The van der Waals surface area contributed by atoms with Gasteiger partial charge in [0.15, 0.2) is 5.69 Å². The molecule has 1 saturated carbocycles. The van der Waals surface area contributed by atoms with Crippen LogP contribution in [0.3, 0.4) is 0 Å². The van der Waals surface area contributed by atoms with Gasteiger partial charge < -0.3 is 0 Å². The molecule has 0 aliphatic heterocycles. The van der Waals surface area contributed by atoms with Crippen LogP contribution in [0.15, 0.2) is 30.9 Å². The molecule has 0 saturated heterocycles. The zero-order valence-corrected chi connectivity index (χ0v) is 13.8. The summed E-state index contributed by atoms with van der Waals surface area (Å²) in [5, 5.41) is 7.60. The van der Waals surface area contributed by atoms with E-state index in [1.54, 1.807) is 28.9 Å². The molecule has 0 bridgehead atoms. The van der Waals surface area contributed by atoms with Crippen LogP contribution >= 0.6 is 0 Å². The quantitative estimate of drug-likeness (QED) is 0.575. The zero-order chi connectivity index (χ0) is 18.1. The highest BCUT2D eigenvalue weighted by Gasteiger charge is 2.38. The fourth-order valence-corrected chi connectivity index (χ4v) is 3.41. The normalized spacial score (nSPS) is 15.2. The standard InChI is InChI=1S/C18H14F3N5/c1-9-4-11(5-12-6-23-25-15(9)12)14-16(18(19,20)21)22-8-26-7-13(10-2-3-10)24-17(14)26/h4-8,10H,2-3H2,1H3,(H,23,25). The first-order valence-electron chi connectivity index (χ1n) is 8.30. The summed E-state index contributed by atoms with van der Waals surface area (Å²) in [4.78, 5) is 8.24. The fourth-order valence-electron chi connectivity index (χ4n) is 3.41. The molecule has 1 fully saturated rings. The number of imidazole rings is 1. The van der Waals surface area contributed by atoms with Gasteiger partial charge in [0.05, 0.1) is 23.0 Å². The van der Waals surface area contributed by atoms with E-state index in [0.29, 0.717) is 11.5 Å². The van der Waals surface area contributed by atoms with Gasteiger partial charge in [-0.1, -0.05) is 0 Å². The summed E-state index contributed by atoms with van der Waals surface area (Å²) in [6.45, 7) is 1.84. The molecule has 1 aliphatic carbocycles. The first-order valence-corrected chi connectivity index (χ1v) is 8.30. The summed E-state index contributed by atoms with van der Waals surface area (Å²) >= 11 is 0. The third kappa shape index (κ3) is 2.28. The van der Waals surface area contributed by atoms with Gasteiger partial charge in [-0.2, -0.15) is 18.3 Å². The Morgan fingerprint density at radius 1 is 1.23 bits per heavy atom. The average Bonchev–Trinajstić information content (AvgIpc) is 3.15. The molecule has 4 aromatic rings. The molecule has 0 radical (unpaired) electrons. The summed E-state index contributed by atoms with van der Waals surface area (Å²) in [7, 11) is 0. The second-order valence-corrected chi connectivity index (χ2v) is 6.76. The van der Waals surface area contributed by atoms with Crippen molar-refractivity contribution >= 4 is 16.6 Å². The van der Waals surface area contributed by atoms with Crippen molar-refractivity contribution in [2.75, 3.05) is 0 Å². The highest BCUT2D eigenvalue weighted by molar-refractivity contribution is 5.90. The predicted octanol–water partition coefficient (Wildman–Crippen LogP) is 4.48. The van der Waals surface area contributed by atoms with E-state index in [-0.39, 0.29) is 11.2 Å². The van der Waals surface area contributed by atoms with Gasteiger partial charge in [-0.25, -0.2) is 9.97 Å². The SMILES string of the molecule is Cc1cc(-c2c(C(F)(F)F)ncn3cc(C4CC4)nc23)cc2cn[nH]c12. The topological polar surface area (TPSA) is 58.9 Å². The zero-order valence-electron chi connectivity index (χ0n) is 13.8. The summed E-state index contributed by atoms with van der Waals surface area (Å²) in [5.74, 6) is 0.343. The van der Waals surface area contributed by atoms with Gasteiger partial charge in [-0.3, -0.25) is 9.50 Å². The van der Waals surface area contributed by atoms with Crippen LogP contribution in [0.2, 0.25) is 0 Å². The number of benzene rings is 1. The monoisotopic (exact) mass is 357 g/mol. The van der Waals surface area contributed by atoms with Crippen LogP contribution in [-0.4, -0.2) is 24.6 Å². The lowest BCUT2D eigenvalue weighted by Gasteiger charge is -2.13. The first-order chi connectivity index (χ1) is 12.4. The lowest BCUT2D eigenvalue weighted by molar-refractivity contribution is -0.140. The van der Waals surface area contributed by atoms with Gasteiger partial charge in [-0.15, -0.1) is 0 Å². The molecule has 8 heteroatoms. The number of halogens is 3. The maximum atomic E-state index is 13.7. The Morgan fingerprint density at radius 3 is 2.77 bits per heavy atom. The Kier molecular flexibility index (Phi) is 2.99. The van der Waals surface area contributed by atoms with Crippen molar-refractivity contribution in [3.63, 3.8) is 0 Å².